The second-order valence-corrected chi connectivity index (χ2v) is 11.5. The van der Waals surface area contributed by atoms with Crippen LogP contribution < -0.4 is 16.0 Å². The first-order valence-electron chi connectivity index (χ1n) is 13.7. The molecular weight excluding hydrogens is 515 g/mol. The van der Waals surface area contributed by atoms with Crippen molar-refractivity contribution >= 4 is 29.5 Å². The molecule has 2 unspecified atom stereocenters. The number of rotatable bonds is 9. The fourth-order valence-electron chi connectivity index (χ4n) is 5.60. The molecule has 2 fully saturated rings. The minimum atomic E-state index is -1.44. The van der Waals surface area contributed by atoms with E-state index in [0.29, 0.717) is 35.7 Å². The lowest BCUT2D eigenvalue weighted by atomic mass is 9.91. The van der Waals surface area contributed by atoms with Crippen LogP contribution in [0.15, 0.2) is 36.4 Å². The third-order valence-electron chi connectivity index (χ3n) is 8.59. The average Bonchev–Trinajstić information content (AvgIpc) is 3.64. The first kappa shape index (κ1) is 27.8. The van der Waals surface area contributed by atoms with Crippen LogP contribution in [-0.2, 0) is 44.1 Å². The summed E-state index contributed by atoms with van der Waals surface area (Å²) >= 11 is 0. The first-order chi connectivity index (χ1) is 18.9. The zero-order valence-corrected chi connectivity index (χ0v) is 23.2. The van der Waals surface area contributed by atoms with Crippen LogP contribution in [0.25, 0.3) is 0 Å². The third-order valence-corrected chi connectivity index (χ3v) is 8.59. The molecule has 3 aliphatic rings. The van der Waals surface area contributed by atoms with Gasteiger partial charge >= 0.3 is 6.09 Å². The summed E-state index contributed by atoms with van der Waals surface area (Å²) in [6.07, 6.45) is 1.90. The molecule has 212 valence electrons. The number of amides is 4. The van der Waals surface area contributed by atoms with E-state index in [1.807, 2.05) is 11.8 Å². The summed E-state index contributed by atoms with van der Waals surface area (Å²) in [5.74, 6) is -0.898. The molecule has 1 heterocycles. The Bertz CT molecular complexity index is 1370. The minimum absolute atomic E-state index is 0.0245. The highest BCUT2D eigenvalue weighted by molar-refractivity contribution is 6.04. The number of hydrogen-bond donors (Lipinski definition) is 3. The summed E-state index contributed by atoms with van der Waals surface area (Å²) in [5.41, 5.74) is 0.830. The van der Waals surface area contributed by atoms with Gasteiger partial charge in [0.05, 0.1) is 12.0 Å². The molecule has 3 N–H and O–H groups in total. The quantitative estimate of drug-likeness (QED) is 0.440. The van der Waals surface area contributed by atoms with E-state index in [-0.39, 0.29) is 36.5 Å². The van der Waals surface area contributed by atoms with Gasteiger partial charge in [-0.2, -0.15) is 0 Å². The normalized spacial score (nSPS) is 20.6. The summed E-state index contributed by atoms with van der Waals surface area (Å²) in [6.45, 7) is 5.85. The number of ether oxygens (including phenoxy) is 1. The maximum absolute atomic E-state index is 14.0. The molecule has 0 bridgehead atoms. The Hall–Kier alpha value is -3.79. The minimum Gasteiger partial charge on any atom is -0.427 e. The van der Waals surface area contributed by atoms with Crippen LogP contribution in [0.5, 0.6) is 0 Å². The van der Waals surface area contributed by atoms with Crippen LogP contribution in [0.1, 0.15) is 62.3 Å². The zero-order valence-electron chi connectivity index (χ0n) is 23.2. The van der Waals surface area contributed by atoms with E-state index < -0.39 is 23.1 Å². The number of anilines is 1. The predicted molar refractivity (Wildman–Crippen MR) is 146 cm³/mol. The van der Waals surface area contributed by atoms with E-state index in [9.17, 15) is 23.6 Å². The number of nitrogens with zero attached hydrogens (tertiary/aromatic N) is 1. The molecule has 0 aromatic heterocycles. The second-order valence-electron chi connectivity index (χ2n) is 11.5. The van der Waals surface area contributed by atoms with Crippen LogP contribution in [0.3, 0.4) is 0 Å². The lowest BCUT2D eigenvalue weighted by molar-refractivity contribution is -0.133. The van der Waals surface area contributed by atoms with Crippen LogP contribution in [0.4, 0.5) is 14.9 Å². The van der Waals surface area contributed by atoms with E-state index in [0.717, 1.165) is 24.0 Å². The molecular formula is C30H35FN4O5. The van der Waals surface area contributed by atoms with Crippen molar-refractivity contribution in [1.29, 1.82) is 0 Å². The van der Waals surface area contributed by atoms with Gasteiger partial charge in [-0.15, -0.1) is 0 Å². The number of carbonyl (C=O) groups excluding carboxylic acids is 4. The van der Waals surface area contributed by atoms with Crippen molar-refractivity contribution in [3.8, 4) is 0 Å². The average molecular weight is 551 g/mol. The molecule has 40 heavy (non-hydrogen) atoms. The number of likely N-dealkylation sites (N-methyl/N-ethyl adjacent to an activating group) is 1. The number of halogens is 1. The zero-order chi connectivity index (χ0) is 28.8. The maximum atomic E-state index is 14.0. The van der Waals surface area contributed by atoms with E-state index in [2.05, 4.69) is 16.0 Å². The summed E-state index contributed by atoms with van der Waals surface area (Å²) in [7, 11) is 1.69. The molecule has 10 heteroatoms. The van der Waals surface area contributed by atoms with Gasteiger partial charge in [-0.3, -0.25) is 19.7 Å². The van der Waals surface area contributed by atoms with Gasteiger partial charge in [0.2, 0.25) is 17.4 Å². The number of hydrogen-bond acceptors (Lipinski definition) is 6. The summed E-state index contributed by atoms with van der Waals surface area (Å²) < 4.78 is 19.0. The van der Waals surface area contributed by atoms with Crippen LogP contribution in [-0.4, -0.2) is 47.3 Å². The molecule has 2 aromatic rings. The Morgan fingerprint density at radius 3 is 2.48 bits per heavy atom. The van der Waals surface area contributed by atoms with Crippen LogP contribution in [0, 0.1) is 11.7 Å². The Labute approximate surface area is 232 Å². The molecule has 4 amide bonds. The van der Waals surface area contributed by atoms with Gasteiger partial charge in [-0.25, -0.2) is 9.18 Å². The molecule has 1 aliphatic heterocycles. The SMILES string of the molecule is CNC(C)(C)C(=O)Nc1ccc2c(c1CC(=O)N(Cc1ccc(F)cc1)C(C)C1CC1)CCC21OC(=O)NC1=O. The Kier molecular flexibility index (Phi) is 7.16. The van der Waals surface area contributed by atoms with E-state index >= 15 is 0 Å². The smallest absolute Gasteiger partial charge is 0.415 e. The highest BCUT2D eigenvalue weighted by atomic mass is 19.1. The Morgan fingerprint density at radius 2 is 1.88 bits per heavy atom. The predicted octanol–water partition coefficient (Wildman–Crippen LogP) is 3.54. The van der Waals surface area contributed by atoms with E-state index in [1.165, 1.54) is 12.1 Å². The topological polar surface area (TPSA) is 117 Å². The van der Waals surface area contributed by atoms with Crippen molar-refractivity contribution in [3.63, 3.8) is 0 Å². The lowest BCUT2D eigenvalue weighted by Gasteiger charge is -2.31. The van der Waals surface area contributed by atoms with Crippen molar-refractivity contribution in [2.45, 2.75) is 76.6 Å². The van der Waals surface area contributed by atoms with Crippen LogP contribution in [0.2, 0.25) is 0 Å². The molecule has 2 aliphatic carbocycles. The molecule has 2 aromatic carbocycles. The molecule has 1 saturated carbocycles. The van der Waals surface area contributed by atoms with Gasteiger partial charge in [0.15, 0.2) is 0 Å². The largest absolute Gasteiger partial charge is 0.427 e. The maximum Gasteiger partial charge on any atom is 0.415 e. The number of nitrogens with one attached hydrogen (secondary N) is 3. The standard InChI is InChI=1S/C30H35FN4O5/c1-17(19-7-8-19)35(16-18-5-9-20(31)10-6-18)25(36)15-22-21-13-14-30(27(38)34-28(39)40-30)23(21)11-12-24(22)33-26(37)29(2,3)32-4/h5-6,9-12,17,19,32H,7-8,13-16H2,1-4H3,(H,33,37)(H,34,38,39). The Balaban J connectivity index is 1.52. The highest BCUT2D eigenvalue weighted by Crippen LogP contribution is 2.46. The Morgan fingerprint density at radius 1 is 1.18 bits per heavy atom. The van der Waals surface area contributed by atoms with Crippen molar-refractivity contribution < 1.29 is 28.3 Å². The molecule has 0 radical (unpaired) electrons. The molecule has 9 nitrogen and oxygen atoms in total. The monoisotopic (exact) mass is 550 g/mol. The molecule has 1 spiro atoms. The van der Waals surface area contributed by atoms with Gasteiger partial charge < -0.3 is 20.3 Å². The van der Waals surface area contributed by atoms with Gasteiger partial charge in [0.25, 0.3) is 5.91 Å². The molecule has 1 saturated heterocycles. The number of carbonyl (C=O) groups is 4. The second kappa shape index (κ2) is 10.3. The molecule has 5 rings (SSSR count). The molecule has 2 atom stereocenters. The summed E-state index contributed by atoms with van der Waals surface area (Å²) in [4.78, 5) is 53.8. The summed E-state index contributed by atoms with van der Waals surface area (Å²) in [6, 6.07) is 9.47. The third kappa shape index (κ3) is 5.08. The lowest BCUT2D eigenvalue weighted by Crippen LogP contribution is -2.48. The van der Waals surface area contributed by atoms with Crippen molar-refractivity contribution in [2.75, 3.05) is 12.4 Å². The van der Waals surface area contributed by atoms with Gasteiger partial charge in [0.1, 0.15) is 5.82 Å². The number of alkyl carbamates (subject to hydrolysis) is 1. The van der Waals surface area contributed by atoms with Gasteiger partial charge in [-0.1, -0.05) is 18.2 Å². The fraction of sp³-hybridized carbons (Fsp3) is 0.467. The fourth-order valence-corrected chi connectivity index (χ4v) is 5.60. The highest BCUT2D eigenvalue weighted by Gasteiger charge is 2.55. The van der Waals surface area contributed by atoms with Crippen molar-refractivity contribution in [2.24, 2.45) is 5.92 Å². The van der Waals surface area contributed by atoms with Gasteiger partial charge in [0, 0.05) is 30.3 Å². The van der Waals surface area contributed by atoms with E-state index in [4.69, 9.17) is 4.74 Å². The van der Waals surface area contributed by atoms with E-state index in [1.54, 1.807) is 45.2 Å². The van der Waals surface area contributed by atoms with Crippen LogP contribution >= 0.6 is 0 Å². The van der Waals surface area contributed by atoms with Crippen molar-refractivity contribution in [3.05, 3.63) is 64.5 Å². The van der Waals surface area contributed by atoms with Gasteiger partial charge in [-0.05, 0) is 87.9 Å². The number of fused-ring (bicyclic) bond motifs is 2. The first-order valence-corrected chi connectivity index (χ1v) is 13.7. The number of benzene rings is 2. The van der Waals surface area contributed by atoms with Crippen molar-refractivity contribution in [1.82, 2.24) is 15.5 Å². The summed E-state index contributed by atoms with van der Waals surface area (Å²) in [5, 5.41) is 8.19. The number of imide groups is 1.